The lowest BCUT2D eigenvalue weighted by molar-refractivity contribution is -0.137. The topological polar surface area (TPSA) is 109 Å². The van der Waals surface area contributed by atoms with Crippen LogP contribution in [-0.2, 0) is 20.8 Å². The second kappa shape index (κ2) is 7.40. The molecule has 23 heavy (non-hydrogen) atoms. The van der Waals surface area contributed by atoms with Gasteiger partial charge in [-0.1, -0.05) is 42.5 Å². The highest BCUT2D eigenvalue weighted by molar-refractivity contribution is 5.89. The molecule has 0 fully saturated rings. The van der Waals surface area contributed by atoms with Crippen molar-refractivity contribution in [2.45, 2.75) is 25.3 Å². The van der Waals surface area contributed by atoms with E-state index in [0.29, 0.717) is 0 Å². The van der Waals surface area contributed by atoms with E-state index in [2.05, 4.69) is 5.32 Å². The maximum atomic E-state index is 12.0. The average Bonchev–Trinajstić information content (AvgIpc) is 2.50. The van der Waals surface area contributed by atoms with Gasteiger partial charge in [0.15, 0.2) is 0 Å². The maximum absolute atomic E-state index is 12.0. The van der Waals surface area contributed by atoms with Gasteiger partial charge in [-0.25, -0.2) is 0 Å². The molecule has 0 spiro atoms. The molecule has 0 saturated heterocycles. The summed E-state index contributed by atoms with van der Waals surface area (Å²) in [6, 6.07) is 12.5. The average molecular weight is 314 g/mol. The highest BCUT2D eigenvalue weighted by Gasteiger charge is 2.19. The van der Waals surface area contributed by atoms with Gasteiger partial charge in [0.1, 0.15) is 6.04 Å². The predicted octanol–water partition coefficient (Wildman–Crippen LogP) is 1.22. The predicted molar refractivity (Wildman–Crippen MR) is 85.6 cm³/mol. The van der Waals surface area contributed by atoms with Crippen LogP contribution >= 0.6 is 0 Å². The van der Waals surface area contributed by atoms with Gasteiger partial charge in [-0.05, 0) is 22.8 Å². The zero-order valence-electron chi connectivity index (χ0n) is 12.5. The van der Waals surface area contributed by atoms with Crippen molar-refractivity contribution in [1.29, 1.82) is 0 Å². The van der Waals surface area contributed by atoms with Gasteiger partial charge in [0.25, 0.3) is 0 Å². The van der Waals surface area contributed by atoms with Crippen molar-refractivity contribution in [3.63, 3.8) is 0 Å². The minimum Gasteiger partial charge on any atom is -0.481 e. The van der Waals surface area contributed by atoms with Crippen LogP contribution in [0.25, 0.3) is 10.8 Å². The smallest absolute Gasteiger partial charge is 0.303 e. The van der Waals surface area contributed by atoms with Gasteiger partial charge in [-0.2, -0.15) is 0 Å². The lowest BCUT2D eigenvalue weighted by Gasteiger charge is -2.14. The molecule has 0 aliphatic carbocycles. The van der Waals surface area contributed by atoms with Crippen molar-refractivity contribution >= 4 is 28.6 Å². The molecule has 1 atom stereocenters. The fraction of sp³-hybridized carbons (Fsp3) is 0.235. The second-order valence-corrected chi connectivity index (χ2v) is 5.31. The van der Waals surface area contributed by atoms with Crippen molar-refractivity contribution in [3.8, 4) is 0 Å². The van der Waals surface area contributed by atoms with Gasteiger partial charge in [0, 0.05) is 6.42 Å². The Bertz CT molecular complexity index is 742. The summed E-state index contributed by atoms with van der Waals surface area (Å²) >= 11 is 0. The van der Waals surface area contributed by atoms with E-state index >= 15 is 0 Å². The van der Waals surface area contributed by atoms with E-state index in [9.17, 15) is 14.4 Å². The Kier molecular flexibility index (Phi) is 5.30. The first-order valence-corrected chi connectivity index (χ1v) is 7.24. The molecule has 2 amide bonds. The third-order valence-corrected chi connectivity index (χ3v) is 3.50. The molecule has 4 N–H and O–H groups in total. The van der Waals surface area contributed by atoms with Crippen LogP contribution in [0.5, 0.6) is 0 Å². The Morgan fingerprint density at radius 3 is 2.43 bits per heavy atom. The standard InChI is InChI=1S/C17H18N2O4/c18-17(23)14(7-8-16(21)22)19-15(20)10-11-5-6-12-3-1-2-4-13(12)9-11/h1-6,9,14H,7-8,10H2,(H2,18,23)(H,19,20)(H,21,22)/t14-/m0/s1. The molecule has 6 nitrogen and oxygen atoms in total. The van der Waals surface area contributed by atoms with E-state index in [-0.39, 0.29) is 25.2 Å². The van der Waals surface area contributed by atoms with E-state index in [1.807, 2.05) is 42.5 Å². The van der Waals surface area contributed by atoms with Crippen LogP contribution in [0.3, 0.4) is 0 Å². The van der Waals surface area contributed by atoms with Crippen LogP contribution in [0.2, 0.25) is 0 Å². The van der Waals surface area contributed by atoms with Gasteiger partial charge in [-0.3, -0.25) is 14.4 Å². The van der Waals surface area contributed by atoms with Gasteiger partial charge in [0.2, 0.25) is 11.8 Å². The summed E-state index contributed by atoms with van der Waals surface area (Å²) in [7, 11) is 0. The molecule has 2 aromatic carbocycles. The number of carboxylic acids is 1. The molecule has 0 heterocycles. The third kappa shape index (κ3) is 4.81. The maximum Gasteiger partial charge on any atom is 0.303 e. The number of carbonyl (C=O) groups excluding carboxylic acids is 2. The first kappa shape index (κ1) is 16.5. The lowest BCUT2D eigenvalue weighted by Crippen LogP contribution is -2.45. The molecule has 0 aliphatic rings. The molecule has 2 rings (SSSR count). The minimum absolute atomic E-state index is 0.0197. The number of nitrogens with two attached hydrogens (primary N) is 1. The quantitative estimate of drug-likeness (QED) is 0.713. The fourth-order valence-electron chi connectivity index (χ4n) is 2.33. The van der Waals surface area contributed by atoms with Crippen molar-refractivity contribution < 1.29 is 19.5 Å². The van der Waals surface area contributed by atoms with E-state index in [4.69, 9.17) is 10.8 Å². The molecule has 0 saturated carbocycles. The zero-order chi connectivity index (χ0) is 16.8. The number of carbonyl (C=O) groups is 3. The molecule has 0 aromatic heterocycles. The van der Waals surface area contributed by atoms with E-state index in [0.717, 1.165) is 16.3 Å². The number of rotatable bonds is 7. The highest BCUT2D eigenvalue weighted by atomic mass is 16.4. The number of aliphatic carboxylic acids is 1. The fourth-order valence-corrected chi connectivity index (χ4v) is 2.33. The van der Waals surface area contributed by atoms with Crippen LogP contribution in [0.15, 0.2) is 42.5 Å². The molecule has 0 bridgehead atoms. The first-order chi connectivity index (χ1) is 11.0. The summed E-state index contributed by atoms with van der Waals surface area (Å²) in [5.41, 5.74) is 6.00. The number of nitrogens with one attached hydrogen (secondary N) is 1. The summed E-state index contributed by atoms with van der Waals surface area (Å²) in [6.07, 6.45) is -0.153. The van der Waals surface area contributed by atoms with Crippen molar-refractivity contribution in [2.75, 3.05) is 0 Å². The SMILES string of the molecule is NC(=O)[C@H](CCC(=O)O)NC(=O)Cc1ccc2ccccc2c1. The van der Waals surface area contributed by atoms with Crippen LogP contribution in [0, 0.1) is 0 Å². The summed E-state index contributed by atoms with van der Waals surface area (Å²) in [5.74, 6) is -2.15. The Morgan fingerprint density at radius 2 is 1.78 bits per heavy atom. The third-order valence-electron chi connectivity index (χ3n) is 3.50. The summed E-state index contributed by atoms with van der Waals surface area (Å²) in [6.45, 7) is 0. The number of carboxylic acid groups (broad SMARTS) is 1. The van der Waals surface area contributed by atoms with Crippen LogP contribution in [0.1, 0.15) is 18.4 Å². The van der Waals surface area contributed by atoms with Crippen molar-refractivity contribution in [2.24, 2.45) is 5.73 Å². The Labute approximate surface area is 133 Å². The molecule has 0 aliphatic heterocycles. The van der Waals surface area contributed by atoms with Crippen LogP contribution < -0.4 is 11.1 Å². The van der Waals surface area contributed by atoms with E-state index in [1.54, 1.807) is 0 Å². The van der Waals surface area contributed by atoms with Gasteiger partial charge in [-0.15, -0.1) is 0 Å². The van der Waals surface area contributed by atoms with E-state index < -0.39 is 17.9 Å². The second-order valence-electron chi connectivity index (χ2n) is 5.31. The summed E-state index contributed by atoms with van der Waals surface area (Å²) in [5, 5.41) is 13.2. The Morgan fingerprint density at radius 1 is 1.09 bits per heavy atom. The van der Waals surface area contributed by atoms with Gasteiger partial charge < -0.3 is 16.2 Å². The van der Waals surface area contributed by atoms with E-state index in [1.165, 1.54) is 0 Å². The van der Waals surface area contributed by atoms with Gasteiger partial charge >= 0.3 is 5.97 Å². The number of hydrogen-bond acceptors (Lipinski definition) is 3. The van der Waals surface area contributed by atoms with Crippen LogP contribution in [-0.4, -0.2) is 28.9 Å². The Balaban J connectivity index is 2.01. The number of primary amides is 1. The molecular formula is C17H18N2O4. The molecule has 0 radical (unpaired) electrons. The first-order valence-electron chi connectivity index (χ1n) is 7.24. The molecule has 120 valence electrons. The number of amides is 2. The lowest BCUT2D eigenvalue weighted by atomic mass is 10.0. The van der Waals surface area contributed by atoms with Gasteiger partial charge in [0.05, 0.1) is 6.42 Å². The highest BCUT2D eigenvalue weighted by Crippen LogP contribution is 2.16. The molecule has 2 aromatic rings. The molecule has 0 unspecified atom stereocenters. The molecule has 6 heteroatoms. The summed E-state index contributed by atoms with van der Waals surface area (Å²) in [4.78, 5) is 33.9. The normalized spacial score (nSPS) is 11.8. The van der Waals surface area contributed by atoms with Crippen LogP contribution in [0.4, 0.5) is 0 Å². The number of hydrogen-bond donors (Lipinski definition) is 3. The Hall–Kier alpha value is -2.89. The molecular weight excluding hydrogens is 296 g/mol. The zero-order valence-corrected chi connectivity index (χ0v) is 12.5. The van der Waals surface area contributed by atoms with Crippen molar-refractivity contribution in [1.82, 2.24) is 5.32 Å². The van der Waals surface area contributed by atoms with Crippen molar-refractivity contribution in [3.05, 3.63) is 48.0 Å². The minimum atomic E-state index is -1.04. The largest absolute Gasteiger partial charge is 0.481 e. The summed E-state index contributed by atoms with van der Waals surface area (Å²) < 4.78 is 0. The number of fused-ring (bicyclic) bond motifs is 1. The monoisotopic (exact) mass is 314 g/mol. The number of benzene rings is 2.